The van der Waals surface area contributed by atoms with Crippen LogP contribution in [0.25, 0.3) is 0 Å². The number of fused-ring (bicyclic) bond motifs is 1. The average molecular weight is 414 g/mol. The second kappa shape index (κ2) is 7.46. The molecule has 0 saturated heterocycles. The summed E-state index contributed by atoms with van der Waals surface area (Å²) in [6.45, 7) is 2.25. The number of carbonyl (C=O) groups excluding carboxylic acids is 1. The van der Waals surface area contributed by atoms with E-state index in [0.717, 1.165) is 35.3 Å². The van der Waals surface area contributed by atoms with Crippen LogP contribution in [0.4, 0.5) is 11.4 Å². The number of amides is 1. The maximum Gasteiger partial charge on any atom is 0.240 e. The van der Waals surface area contributed by atoms with E-state index in [0.29, 0.717) is 6.42 Å². The van der Waals surface area contributed by atoms with E-state index in [-0.39, 0.29) is 29.3 Å². The molecule has 1 N–H and O–H groups in total. The van der Waals surface area contributed by atoms with Gasteiger partial charge < -0.3 is 9.80 Å². The highest BCUT2D eigenvalue weighted by molar-refractivity contribution is 7.89. The van der Waals surface area contributed by atoms with E-state index in [1.165, 1.54) is 0 Å². The maximum atomic E-state index is 12.8. The van der Waals surface area contributed by atoms with Crippen LogP contribution in [0, 0.1) is 5.92 Å². The second-order valence-electron chi connectivity index (χ2n) is 8.21. The SMILES string of the molecule is CC1Cc2cc(S(=O)(=O)NCc3ccc(N(C)C)cc3)ccc2N1C(=O)C1CC1. The van der Waals surface area contributed by atoms with Crippen LogP contribution >= 0.6 is 0 Å². The van der Waals surface area contributed by atoms with Crippen molar-refractivity contribution >= 4 is 27.3 Å². The molecule has 1 fully saturated rings. The number of nitrogens with one attached hydrogen (secondary N) is 1. The van der Waals surface area contributed by atoms with Crippen LogP contribution in [0.3, 0.4) is 0 Å². The number of hydrogen-bond donors (Lipinski definition) is 1. The van der Waals surface area contributed by atoms with Crippen LogP contribution in [-0.4, -0.2) is 34.5 Å². The Hall–Kier alpha value is -2.38. The molecular weight excluding hydrogens is 386 g/mol. The highest BCUT2D eigenvalue weighted by Crippen LogP contribution is 2.39. The largest absolute Gasteiger partial charge is 0.378 e. The summed E-state index contributed by atoms with van der Waals surface area (Å²) < 4.78 is 28.3. The van der Waals surface area contributed by atoms with E-state index >= 15 is 0 Å². The lowest BCUT2D eigenvalue weighted by Crippen LogP contribution is -2.36. The molecule has 6 nitrogen and oxygen atoms in total. The van der Waals surface area contributed by atoms with Gasteiger partial charge >= 0.3 is 0 Å². The van der Waals surface area contributed by atoms with E-state index in [2.05, 4.69) is 4.72 Å². The number of benzene rings is 2. The summed E-state index contributed by atoms with van der Waals surface area (Å²) in [6.07, 6.45) is 2.61. The minimum Gasteiger partial charge on any atom is -0.378 e. The quantitative estimate of drug-likeness (QED) is 0.791. The van der Waals surface area contributed by atoms with Crippen molar-refractivity contribution in [2.24, 2.45) is 5.92 Å². The van der Waals surface area contributed by atoms with Gasteiger partial charge in [-0.15, -0.1) is 0 Å². The predicted octanol–water partition coefficient (Wildman–Crippen LogP) is 2.92. The molecule has 154 valence electrons. The smallest absolute Gasteiger partial charge is 0.240 e. The number of rotatable bonds is 6. The maximum absolute atomic E-state index is 12.8. The van der Waals surface area contributed by atoms with E-state index in [1.807, 2.05) is 55.1 Å². The fraction of sp³-hybridized carbons (Fsp3) is 0.409. The number of carbonyl (C=O) groups is 1. The summed E-state index contributed by atoms with van der Waals surface area (Å²) in [7, 11) is 0.299. The Morgan fingerprint density at radius 3 is 2.45 bits per heavy atom. The van der Waals surface area contributed by atoms with E-state index in [4.69, 9.17) is 0 Å². The Balaban J connectivity index is 1.49. The highest BCUT2D eigenvalue weighted by atomic mass is 32.2. The molecule has 1 saturated carbocycles. The van der Waals surface area contributed by atoms with Gasteiger partial charge in [0.05, 0.1) is 4.90 Å². The molecule has 0 bridgehead atoms. The predicted molar refractivity (Wildman–Crippen MR) is 115 cm³/mol. The molecule has 0 aromatic heterocycles. The molecule has 1 aliphatic carbocycles. The van der Waals surface area contributed by atoms with Gasteiger partial charge in [0.25, 0.3) is 0 Å². The van der Waals surface area contributed by atoms with Crippen LogP contribution < -0.4 is 14.5 Å². The molecule has 2 aromatic rings. The standard InChI is InChI=1S/C22H27N3O3S/c1-15-12-18-13-20(10-11-21(18)25(15)22(26)17-6-7-17)29(27,28)23-14-16-4-8-19(9-5-16)24(2)3/h4-5,8-11,13,15,17,23H,6-7,12,14H2,1-3H3. The first kappa shape index (κ1) is 19.9. The van der Waals surface area contributed by atoms with Crippen LogP contribution in [0.2, 0.25) is 0 Å². The molecule has 1 amide bonds. The first-order valence-corrected chi connectivity index (χ1v) is 11.5. The normalized spacial score (nSPS) is 18.6. The Bertz CT molecular complexity index is 1030. The van der Waals surface area contributed by atoms with Crippen molar-refractivity contribution in [3.05, 3.63) is 53.6 Å². The average Bonchev–Trinajstić information content (AvgIpc) is 3.48. The molecule has 29 heavy (non-hydrogen) atoms. The monoisotopic (exact) mass is 413 g/mol. The third-order valence-electron chi connectivity index (χ3n) is 5.66. The zero-order chi connectivity index (χ0) is 20.8. The molecule has 7 heteroatoms. The lowest BCUT2D eigenvalue weighted by molar-refractivity contribution is -0.120. The number of hydrogen-bond acceptors (Lipinski definition) is 4. The van der Waals surface area contributed by atoms with Crippen molar-refractivity contribution in [2.45, 2.75) is 43.7 Å². The summed E-state index contributed by atoms with van der Waals surface area (Å²) in [5.74, 6) is 0.318. The van der Waals surface area contributed by atoms with Crippen LogP contribution in [-0.2, 0) is 27.8 Å². The molecule has 1 heterocycles. The van der Waals surface area contributed by atoms with Gasteiger partial charge in [-0.05, 0) is 67.6 Å². The Morgan fingerprint density at radius 2 is 1.83 bits per heavy atom. The molecule has 1 atom stereocenters. The minimum absolute atomic E-state index is 0.0687. The summed E-state index contributed by atoms with van der Waals surface area (Å²) in [6, 6.07) is 12.9. The lowest BCUT2D eigenvalue weighted by atomic mass is 10.1. The van der Waals surface area contributed by atoms with Gasteiger partial charge in [-0.1, -0.05) is 12.1 Å². The van der Waals surface area contributed by atoms with Gasteiger partial charge in [0.1, 0.15) is 0 Å². The van der Waals surface area contributed by atoms with Gasteiger partial charge in [0.15, 0.2) is 0 Å². The van der Waals surface area contributed by atoms with Crippen molar-refractivity contribution in [2.75, 3.05) is 23.9 Å². The molecular formula is C22H27N3O3S. The van der Waals surface area contributed by atoms with Crippen molar-refractivity contribution in [1.29, 1.82) is 0 Å². The highest BCUT2D eigenvalue weighted by Gasteiger charge is 2.39. The molecule has 0 spiro atoms. The van der Waals surface area contributed by atoms with Gasteiger partial charge in [-0.3, -0.25) is 4.79 Å². The van der Waals surface area contributed by atoms with Crippen molar-refractivity contribution < 1.29 is 13.2 Å². The first-order chi connectivity index (χ1) is 13.8. The summed E-state index contributed by atoms with van der Waals surface area (Å²) >= 11 is 0. The fourth-order valence-electron chi connectivity index (χ4n) is 3.81. The van der Waals surface area contributed by atoms with Crippen molar-refractivity contribution in [1.82, 2.24) is 4.72 Å². The first-order valence-electron chi connectivity index (χ1n) is 9.98. The molecule has 0 radical (unpaired) electrons. The lowest BCUT2D eigenvalue weighted by Gasteiger charge is -2.22. The molecule has 2 aliphatic rings. The van der Waals surface area contributed by atoms with Crippen LogP contribution in [0.5, 0.6) is 0 Å². The zero-order valence-corrected chi connectivity index (χ0v) is 17.9. The van der Waals surface area contributed by atoms with Crippen LogP contribution in [0.1, 0.15) is 30.9 Å². The van der Waals surface area contributed by atoms with Crippen molar-refractivity contribution in [3.63, 3.8) is 0 Å². The minimum atomic E-state index is -3.63. The van der Waals surface area contributed by atoms with Gasteiger partial charge in [0, 0.05) is 44.0 Å². The number of sulfonamides is 1. The molecule has 4 rings (SSSR count). The van der Waals surface area contributed by atoms with Gasteiger partial charge in [0.2, 0.25) is 15.9 Å². The molecule has 1 aliphatic heterocycles. The van der Waals surface area contributed by atoms with E-state index in [1.54, 1.807) is 18.2 Å². The Kier molecular flexibility index (Phi) is 5.12. The molecule has 2 aromatic carbocycles. The summed E-state index contributed by atoms with van der Waals surface area (Å²) in [5, 5.41) is 0. The topological polar surface area (TPSA) is 69.7 Å². The summed E-state index contributed by atoms with van der Waals surface area (Å²) in [5.41, 5.74) is 3.74. The fourth-order valence-corrected chi connectivity index (χ4v) is 4.88. The molecule has 1 unspecified atom stereocenters. The second-order valence-corrected chi connectivity index (χ2v) is 9.98. The Labute approximate surface area is 172 Å². The third-order valence-corrected chi connectivity index (χ3v) is 7.06. The zero-order valence-electron chi connectivity index (χ0n) is 17.1. The van der Waals surface area contributed by atoms with Crippen molar-refractivity contribution in [3.8, 4) is 0 Å². The van der Waals surface area contributed by atoms with Gasteiger partial charge in [-0.25, -0.2) is 13.1 Å². The number of nitrogens with zero attached hydrogens (tertiary/aromatic N) is 2. The number of anilines is 2. The Morgan fingerprint density at radius 1 is 1.14 bits per heavy atom. The van der Waals surface area contributed by atoms with Crippen LogP contribution in [0.15, 0.2) is 47.4 Å². The van der Waals surface area contributed by atoms with E-state index < -0.39 is 10.0 Å². The van der Waals surface area contributed by atoms with E-state index in [9.17, 15) is 13.2 Å². The van der Waals surface area contributed by atoms with Gasteiger partial charge in [-0.2, -0.15) is 0 Å². The summed E-state index contributed by atoms with van der Waals surface area (Å²) in [4.78, 5) is 16.7. The third kappa shape index (κ3) is 4.02.